The lowest BCUT2D eigenvalue weighted by atomic mass is 9.98. The van der Waals surface area contributed by atoms with Crippen LogP contribution in [0.15, 0.2) is 12.7 Å². The van der Waals surface area contributed by atoms with Crippen LogP contribution in [0.1, 0.15) is 13.3 Å². The highest BCUT2D eigenvalue weighted by Gasteiger charge is 2.78. The first kappa shape index (κ1) is 14.8. The van der Waals surface area contributed by atoms with Crippen LogP contribution in [0.5, 0.6) is 0 Å². The first-order chi connectivity index (χ1) is 6.98. The van der Waals surface area contributed by atoms with Crippen LogP contribution in [0.2, 0.25) is 0 Å². The molecule has 94 valence electrons. The summed E-state index contributed by atoms with van der Waals surface area (Å²) in [5.41, 5.74) is -4.46. The molecule has 0 bridgehead atoms. The third kappa shape index (κ3) is 2.67. The molecule has 0 saturated carbocycles. The first-order valence-electron chi connectivity index (χ1n) is 3.94. The molecule has 0 unspecified atom stereocenters. The van der Waals surface area contributed by atoms with Gasteiger partial charge in [-0.25, -0.2) is 0 Å². The molecule has 0 rings (SSSR count). The lowest BCUT2D eigenvalue weighted by molar-refractivity contribution is -0.361. The highest BCUT2D eigenvalue weighted by molar-refractivity contribution is 5.68. The minimum absolute atomic E-state index is 0.421. The molecule has 0 spiro atoms. The Bertz CT molecular complexity index is 263. The zero-order valence-corrected chi connectivity index (χ0v) is 8.11. The van der Waals surface area contributed by atoms with Gasteiger partial charge < -0.3 is 4.79 Å². The Hall–Kier alpha value is -1.21. The molecule has 0 aromatic heterocycles. The van der Waals surface area contributed by atoms with Crippen LogP contribution in [-0.4, -0.2) is 28.7 Å². The molecule has 8 heteroatoms. The number of halogens is 6. The SMILES string of the molecule is C=CCC(OC(C)=[OH+])(C(F)(F)F)C(F)(F)F. The van der Waals surface area contributed by atoms with Crippen LogP contribution >= 0.6 is 0 Å². The molecule has 0 fully saturated rings. The van der Waals surface area contributed by atoms with Gasteiger partial charge in [0, 0.05) is 0 Å². The largest absolute Gasteiger partial charge is 0.480 e. The van der Waals surface area contributed by atoms with E-state index >= 15 is 0 Å². The Kier molecular flexibility index (Phi) is 4.01. The van der Waals surface area contributed by atoms with Gasteiger partial charge in [-0.1, -0.05) is 6.08 Å². The normalized spacial score (nSPS) is 13.4. The summed E-state index contributed by atoms with van der Waals surface area (Å²) >= 11 is 0. The second-order valence-corrected chi connectivity index (χ2v) is 2.94. The molecular weight excluding hydrogens is 242 g/mol. The van der Waals surface area contributed by atoms with Gasteiger partial charge in [-0.05, 0) is 0 Å². The topological polar surface area (TPSA) is 30.6 Å². The van der Waals surface area contributed by atoms with Crippen LogP contribution in [0.3, 0.4) is 0 Å². The summed E-state index contributed by atoms with van der Waals surface area (Å²) in [6.07, 6.45) is -12.6. The Morgan fingerprint density at radius 3 is 1.75 bits per heavy atom. The van der Waals surface area contributed by atoms with Crippen LogP contribution in [0.25, 0.3) is 0 Å². The maximum absolute atomic E-state index is 12.4. The van der Waals surface area contributed by atoms with E-state index in [2.05, 4.69) is 11.3 Å². The predicted octanol–water partition coefficient (Wildman–Crippen LogP) is 2.96. The van der Waals surface area contributed by atoms with Gasteiger partial charge in [-0.15, -0.1) is 6.58 Å². The number of rotatable bonds is 3. The van der Waals surface area contributed by atoms with E-state index in [4.69, 9.17) is 4.79 Å². The maximum atomic E-state index is 12.4. The van der Waals surface area contributed by atoms with Gasteiger partial charge in [0.2, 0.25) is 0 Å². The molecule has 0 aliphatic heterocycles. The summed E-state index contributed by atoms with van der Waals surface area (Å²) in [6, 6.07) is 0. The van der Waals surface area contributed by atoms with E-state index in [1.807, 2.05) is 0 Å². The van der Waals surface area contributed by atoms with Crippen molar-refractivity contribution in [2.75, 3.05) is 0 Å². The minimum atomic E-state index is -5.72. The fourth-order valence-electron chi connectivity index (χ4n) is 1.00. The molecule has 0 heterocycles. The quantitative estimate of drug-likeness (QED) is 0.328. The second kappa shape index (κ2) is 4.34. The summed E-state index contributed by atoms with van der Waals surface area (Å²) < 4.78 is 78.0. The van der Waals surface area contributed by atoms with Crippen LogP contribution in [-0.2, 0) is 4.74 Å². The predicted molar refractivity (Wildman–Crippen MR) is 43.4 cm³/mol. The average molecular weight is 251 g/mol. The molecule has 1 N–H and O–H groups in total. The van der Waals surface area contributed by atoms with E-state index in [1.54, 1.807) is 0 Å². The molecule has 0 aliphatic carbocycles. The minimum Gasteiger partial charge on any atom is -0.339 e. The van der Waals surface area contributed by atoms with Gasteiger partial charge in [0.1, 0.15) is 0 Å². The molecule has 0 aliphatic rings. The number of carbonyl (C=O) groups excluding carboxylic acids is 1. The fraction of sp³-hybridized carbons (Fsp3) is 0.625. The number of hydrogen-bond donors (Lipinski definition) is 0. The Balaban J connectivity index is 5.58. The summed E-state index contributed by atoms with van der Waals surface area (Å²) in [5, 5.41) is 0. The number of ether oxygens (including phenoxy) is 1. The lowest BCUT2D eigenvalue weighted by Gasteiger charge is -2.29. The number of hydrogen-bond acceptors (Lipinski definition) is 1. The van der Waals surface area contributed by atoms with Crippen molar-refractivity contribution in [1.29, 1.82) is 0 Å². The zero-order valence-electron chi connectivity index (χ0n) is 8.11. The molecule has 0 saturated heterocycles. The highest BCUT2D eigenvalue weighted by Crippen LogP contribution is 2.48. The van der Waals surface area contributed by atoms with Gasteiger partial charge in [-0.2, -0.15) is 26.3 Å². The Morgan fingerprint density at radius 1 is 1.19 bits per heavy atom. The van der Waals surface area contributed by atoms with Crippen molar-refractivity contribution < 1.29 is 35.9 Å². The standard InChI is InChI=1S/C8H8F6O2/c1-3-4-6(7(9,10)11,8(12,13)14)16-5(2)15/h3H,1,4H2,2H3/p+1. The fourth-order valence-corrected chi connectivity index (χ4v) is 1.00. The highest BCUT2D eigenvalue weighted by atomic mass is 19.4. The number of esters is 1. The van der Waals surface area contributed by atoms with Crippen LogP contribution in [0, 0.1) is 0 Å². The van der Waals surface area contributed by atoms with Crippen molar-refractivity contribution in [1.82, 2.24) is 0 Å². The zero-order chi connectivity index (χ0) is 13.2. The van der Waals surface area contributed by atoms with Gasteiger partial charge in [-0.3, -0.25) is 4.74 Å². The third-order valence-corrected chi connectivity index (χ3v) is 1.67. The second-order valence-electron chi connectivity index (χ2n) is 2.94. The van der Waals surface area contributed by atoms with E-state index < -0.39 is 30.3 Å². The van der Waals surface area contributed by atoms with Gasteiger partial charge in [0.15, 0.2) is 0 Å². The summed E-state index contributed by atoms with van der Waals surface area (Å²) in [6.45, 7) is 3.39. The van der Waals surface area contributed by atoms with Crippen LogP contribution in [0.4, 0.5) is 26.3 Å². The lowest BCUT2D eigenvalue weighted by Crippen LogP contribution is -2.59. The van der Waals surface area contributed by atoms with E-state index in [0.717, 1.165) is 0 Å². The van der Waals surface area contributed by atoms with Gasteiger partial charge in [0.05, 0.1) is 13.3 Å². The summed E-state index contributed by atoms with van der Waals surface area (Å²) in [5.74, 6) is -1.42. The van der Waals surface area contributed by atoms with Crippen LogP contribution < -0.4 is 0 Å². The molecule has 0 aromatic carbocycles. The van der Waals surface area contributed by atoms with E-state index in [1.165, 1.54) is 0 Å². The summed E-state index contributed by atoms with van der Waals surface area (Å²) in [4.78, 5) is 8.50. The Morgan fingerprint density at radius 2 is 1.56 bits per heavy atom. The smallest absolute Gasteiger partial charge is 0.339 e. The number of alkyl halides is 6. The monoisotopic (exact) mass is 251 g/mol. The molecule has 2 nitrogen and oxygen atoms in total. The van der Waals surface area contributed by atoms with E-state index in [0.29, 0.717) is 13.0 Å². The molecular formula is C8H9F6O2+. The third-order valence-electron chi connectivity index (χ3n) is 1.67. The molecule has 0 amide bonds. The van der Waals surface area contributed by atoms with Gasteiger partial charge in [0.25, 0.3) is 0 Å². The molecule has 0 aromatic rings. The molecule has 0 atom stereocenters. The van der Waals surface area contributed by atoms with Gasteiger partial charge >= 0.3 is 23.9 Å². The van der Waals surface area contributed by atoms with Crippen molar-refractivity contribution in [3.63, 3.8) is 0 Å². The molecule has 16 heavy (non-hydrogen) atoms. The first-order valence-corrected chi connectivity index (χ1v) is 3.94. The Labute approximate surface area is 86.9 Å². The maximum Gasteiger partial charge on any atom is 0.480 e. The van der Waals surface area contributed by atoms with E-state index in [9.17, 15) is 26.3 Å². The average Bonchev–Trinajstić information content (AvgIpc) is 1.98. The summed E-state index contributed by atoms with van der Waals surface area (Å²) in [7, 11) is 0. The van der Waals surface area contributed by atoms with Crippen molar-refractivity contribution in [3.05, 3.63) is 12.7 Å². The van der Waals surface area contributed by atoms with Crippen molar-refractivity contribution >= 4 is 5.97 Å². The van der Waals surface area contributed by atoms with Crippen molar-refractivity contribution in [2.24, 2.45) is 0 Å². The molecule has 0 radical (unpaired) electrons. The van der Waals surface area contributed by atoms with E-state index in [-0.39, 0.29) is 0 Å². The van der Waals surface area contributed by atoms with Crippen molar-refractivity contribution in [2.45, 2.75) is 31.3 Å². The van der Waals surface area contributed by atoms with Crippen molar-refractivity contribution in [3.8, 4) is 0 Å².